The van der Waals surface area contributed by atoms with Crippen molar-refractivity contribution in [1.29, 1.82) is 0 Å². The van der Waals surface area contributed by atoms with Gasteiger partial charge in [0.15, 0.2) is 0 Å². The smallest absolute Gasteiger partial charge is 0.286 e. The minimum Gasteiger partial charge on any atom is -0.490 e. The normalized spacial score (nSPS) is 32.3. The topological polar surface area (TPSA) is 127 Å². The summed E-state index contributed by atoms with van der Waals surface area (Å²) in [5.41, 5.74) is 4.63. The fraction of sp³-hybridized carbons (Fsp3) is 0.574. The summed E-state index contributed by atoms with van der Waals surface area (Å²) in [5.74, 6) is -0.434. The Morgan fingerprint density at radius 1 is 1.05 bits per heavy atom. The summed E-state index contributed by atoms with van der Waals surface area (Å²) in [6.45, 7) is 9.75. The van der Waals surface area contributed by atoms with Gasteiger partial charge in [-0.05, 0) is 97.4 Å². The second kappa shape index (κ2) is 18.0. The van der Waals surface area contributed by atoms with Crippen molar-refractivity contribution < 1.29 is 32.7 Å². The van der Waals surface area contributed by atoms with E-state index < -0.39 is 33.8 Å². The van der Waals surface area contributed by atoms with Crippen molar-refractivity contribution in [2.24, 2.45) is 29.2 Å². The van der Waals surface area contributed by atoms with Crippen molar-refractivity contribution in [2.45, 2.75) is 69.2 Å². The van der Waals surface area contributed by atoms with E-state index in [1.165, 1.54) is 11.1 Å². The molecule has 334 valence electrons. The molecule has 6 aliphatic rings. The number of nitrogens with one attached hydrogen (secondary N) is 1. The second-order valence-electron chi connectivity index (χ2n) is 18.5. The molecule has 3 fully saturated rings. The van der Waals surface area contributed by atoms with Crippen LogP contribution in [0.1, 0.15) is 70.1 Å². The van der Waals surface area contributed by atoms with Gasteiger partial charge in [0, 0.05) is 101 Å². The van der Waals surface area contributed by atoms with E-state index in [0.717, 1.165) is 94.4 Å². The van der Waals surface area contributed by atoms with Crippen molar-refractivity contribution in [3.05, 3.63) is 93.8 Å². The SMILES string of the molecule is CO[C@H]1/C=C/[C@H](OC)[C@H](C)C[S@@](=O)(NC(=O)c2cc(CN3CCN4CCOC[C@@H]4C3)n(C)c2)=NC(=O)c2ccc3c(c2)N(C[C@@H]2CC[C@H]21)C[C@@]1(CCCc2cc(Cl)ccc21)CO3. The van der Waals surface area contributed by atoms with Crippen LogP contribution in [0.5, 0.6) is 5.75 Å². The summed E-state index contributed by atoms with van der Waals surface area (Å²) < 4.78 is 48.8. The number of carbonyl (C=O) groups is 2. The first-order valence-corrected chi connectivity index (χ1v) is 24.3. The molecular weight excluding hydrogens is 828 g/mol. The molecule has 3 aromatic rings. The van der Waals surface area contributed by atoms with E-state index in [1.807, 2.05) is 48.9 Å². The molecule has 1 spiro atoms. The van der Waals surface area contributed by atoms with Gasteiger partial charge in [-0.2, -0.15) is 0 Å². The lowest BCUT2D eigenvalue weighted by Crippen LogP contribution is -2.57. The van der Waals surface area contributed by atoms with Gasteiger partial charge in [0.2, 0.25) is 0 Å². The number of hydrogen-bond acceptors (Lipinski definition) is 10. The number of nitrogens with zero attached hydrogens (tertiary/aromatic N) is 5. The molecule has 9 rings (SSSR count). The fourth-order valence-corrected chi connectivity index (χ4v) is 13.0. The third-order valence-corrected chi connectivity index (χ3v) is 16.7. The molecule has 2 saturated heterocycles. The summed E-state index contributed by atoms with van der Waals surface area (Å²) >= 11 is 6.51. The molecule has 13 nitrogen and oxygen atoms in total. The number of halogens is 1. The number of fused-ring (bicyclic) bond motifs is 5. The predicted molar refractivity (Wildman–Crippen MR) is 240 cm³/mol. The van der Waals surface area contributed by atoms with Crippen LogP contribution in [0.25, 0.3) is 0 Å². The van der Waals surface area contributed by atoms with Gasteiger partial charge in [-0.15, -0.1) is 4.36 Å². The lowest BCUT2D eigenvalue weighted by atomic mass is 9.68. The van der Waals surface area contributed by atoms with Gasteiger partial charge in [0.1, 0.15) is 15.7 Å². The van der Waals surface area contributed by atoms with Crippen molar-refractivity contribution >= 4 is 39.0 Å². The van der Waals surface area contributed by atoms with E-state index in [9.17, 15) is 9.59 Å². The van der Waals surface area contributed by atoms with Crippen LogP contribution >= 0.6 is 11.6 Å². The minimum absolute atomic E-state index is 0.115. The van der Waals surface area contributed by atoms with Gasteiger partial charge in [0.05, 0.1) is 49.0 Å². The minimum atomic E-state index is -3.69. The molecule has 0 radical (unpaired) electrons. The number of anilines is 1. The Bertz CT molecular complexity index is 2330. The molecule has 8 atom stereocenters. The zero-order chi connectivity index (χ0) is 43.2. The Balaban J connectivity index is 1.05. The van der Waals surface area contributed by atoms with Gasteiger partial charge in [-0.25, -0.2) is 4.21 Å². The van der Waals surface area contributed by atoms with Crippen LogP contribution in [0.15, 0.2) is 65.2 Å². The summed E-state index contributed by atoms with van der Waals surface area (Å²) in [6.07, 6.45) is 10.2. The second-order valence-corrected chi connectivity index (χ2v) is 21.0. The quantitative estimate of drug-likeness (QED) is 0.300. The third kappa shape index (κ3) is 8.85. The average Bonchev–Trinajstić information content (AvgIpc) is 3.54. The molecule has 2 amide bonds. The molecule has 2 aliphatic carbocycles. The molecule has 4 aliphatic heterocycles. The Labute approximate surface area is 371 Å². The number of aromatic nitrogens is 1. The summed E-state index contributed by atoms with van der Waals surface area (Å²) in [7, 11) is 1.59. The van der Waals surface area contributed by atoms with Gasteiger partial charge in [0.25, 0.3) is 11.8 Å². The number of rotatable bonds is 6. The summed E-state index contributed by atoms with van der Waals surface area (Å²) in [6, 6.07) is 13.8. The highest BCUT2D eigenvalue weighted by Gasteiger charge is 2.45. The number of piperazine rings is 1. The van der Waals surface area contributed by atoms with Crippen LogP contribution in [0, 0.1) is 17.8 Å². The zero-order valence-electron chi connectivity index (χ0n) is 36.4. The molecular formula is C47H61ClN6O7S. The molecule has 1 aromatic heterocycles. The first kappa shape index (κ1) is 43.5. The van der Waals surface area contributed by atoms with E-state index in [-0.39, 0.29) is 28.8 Å². The van der Waals surface area contributed by atoms with Crippen molar-refractivity contribution in [3.63, 3.8) is 0 Å². The van der Waals surface area contributed by atoms with Crippen LogP contribution in [-0.4, -0.2) is 128 Å². The number of amides is 2. The summed E-state index contributed by atoms with van der Waals surface area (Å²) in [5, 5.41) is 0.734. The van der Waals surface area contributed by atoms with Gasteiger partial charge in [-0.1, -0.05) is 36.7 Å². The zero-order valence-corrected chi connectivity index (χ0v) is 38.0. The van der Waals surface area contributed by atoms with Crippen LogP contribution < -0.4 is 14.4 Å². The third-order valence-electron chi connectivity index (χ3n) is 14.5. The van der Waals surface area contributed by atoms with Crippen molar-refractivity contribution in [1.82, 2.24) is 19.1 Å². The van der Waals surface area contributed by atoms with Crippen LogP contribution in [0.4, 0.5) is 5.69 Å². The Morgan fingerprint density at radius 2 is 1.89 bits per heavy atom. The highest BCUT2D eigenvalue weighted by molar-refractivity contribution is 7.92. The van der Waals surface area contributed by atoms with Crippen LogP contribution in [0.2, 0.25) is 5.02 Å². The van der Waals surface area contributed by atoms with E-state index in [0.29, 0.717) is 43.0 Å². The molecule has 15 heteroatoms. The standard InChI is InChI=1S/C47H61ClN6O7S/c1-31-28-62(57,50-46(56)35-21-37(51(2)23-35)25-52-16-17-53-18-19-60-27-38(53)26-52)49-45(55)33-8-12-44-41(22-33)54(24-34-7-10-39(34)43(59-4)14-13-42(31)58-3)29-47(30-61-44)15-5-6-32-20-36(48)9-11-40(32)47/h8-9,11-14,20-23,31,34,38-39,42-43H,5-7,10,15-19,24-30H2,1-4H3,(H,49,50,55,56,57)/b14-13+/t31-,34+,38+,39-,42+,43+,47+,62+/m1/s1. The molecule has 62 heavy (non-hydrogen) atoms. The van der Waals surface area contributed by atoms with E-state index >= 15 is 4.21 Å². The molecule has 2 bridgehead atoms. The molecule has 5 heterocycles. The van der Waals surface area contributed by atoms with E-state index in [1.54, 1.807) is 26.5 Å². The maximum Gasteiger partial charge on any atom is 0.286 e. The first-order chi connectivity index (χ1) is 29.9. The number of ether oxygens (including phenoxy) is 4. The molecule has 2 aromatic carbocycles. The highest BCUT2D eigenvalue weighted by Crippen LogP contribution is 2.47. The van der Waals surface area contributed by atoms with Crippen LogP contribution in [0.3, 0.4) is 0 Å². The number of benzene rings is 2. The number of hydrogen-bond donors (Lipinski definition) is 1. The number of morpholine rings is 1. The maximum atomic E-state index is 15.1. The largest absolute Gasteiger partial charge is 0.490 e. The number of aryl methyl sites for hydroxylation is 2. The fourth-order valence-electron chi connectivity index (χ4n) is 10.9. The Hall–Kier alpha value is -3.76. The predicted octanol–water partition coefficient (Wildman–Crippen LogP) is 5.88. The maximum absolute atomic E-state index is 15.1. The van der Waals surface area contributed by atoms with Crippen molar-refractivity contribution in [3.8, 4) is 5.75 Å². The lowest BCUT2D eigenvalue weighted by Gasteiger charge is -2.46. The average molecular weight is 890 g/mol. The summed E-state index contributed by atoms with van der Waals surface area (Å²) in [4.78, 5) is 35.8. The number of methoxy groups -OCH3 is 2. The van der Waals surface area contributed by atoms with Gasteiger partial charge < -0.3 is 28.4 Å². The van der Waals surface area contributed by atoms with E-state index in [2.05, 4.69) is 42.0 Å². The molecule has 1 saturated carbocycles. The molecule has 1 N–H and O–H groups in total. The monoisotopic (exact) mass is 888 g/mol. The van der Waals surface area contributed by atoms with Crippen LogP contribution in [-0.2, 0) is 49.6 Å². The van der Waals surface area contributed by atoms with Crippen molar-refractivity contribution in [2.75, 3.05) is 84.0 Å². The Kier molecular flexibility index (Phi) is 12.6. The first-order valence-electron chi connectivity index (χ1n) is 22.3. The number of carbonyl (C=O) groups excluding carboxylic acids is 2. The molecule has 0 unspecified atom stereocenters. The van der Waals surface area contributed by atoms with Gasteiger partial charge >= 0.3 is 0 Å². The lowest BCUT2D eigenvalue weighted by molar-refractivity contribution is -0.0464. The van der Waals surface area contributed by atoms with Gasteiger partial charge in [-0.3, -0.25) is 24.1 Å². The Morgan fingerprint density at radius 3 is 2.69 bits per heavy atom. The van der Waals surface area contributed by atoms with E-state index in [4.69, 9.17) is 30.5 Å². The highest BCUT2D eigenvalue weighted by atomic mass is 35.5.